The fourth-order valence-electron chi connectivity index (χ4n) is 2.51. The predicted molar refractivity (Wildman–Crippen MR) is 98.5 cm³/mol. The maximum Gasteiger partial charge on any atom is 0.226 e. The molecule has 6 heteroatoms. The second-order valence-corrected chi connectivity index (χ2v) is 7.04. The lowest BCUT2D eigenvalue weighted by atomic mass is 10.0. The molecular formula is C18H22N4OS. The van der Waals surface area contributed by atoms with Gasteiger partial charge in [-0.2, -0.15) is 0 Å². The number of hydrogen-bond donors (Lipinski definition) is 2. The Morgan fingerprint density at radius 2 is 2.08 bits per heavy atom. The average Bonchev–Trinajstić information content (AvgIpc) is 3.13. The summed E-state index contributed by atoms with van der Waals surface area (Å²) in [6, 6.07) is 10.3. The van der Waals surface area contributed by atoms with E-state index in [4.69, 9.17) is 0 Å². The smallest absolute Gasteiger partial charge is 0.226 e. The number of nitrogens with zero attached hydrogens (tertiary/aromatic N) is 2. The van der Waals surface area contributed by atoms with E-state index in [0.29, 0.717) is 18.9 Å². The Kier molecular flexibility index (Phi) is 5.15. The van der Waals surface area contributed by atoms with E-state index in [0.717, 1.165) is 16.3 Å². The summed E-state index contributed by atoms with van der Waals surface area (Å²) in [4.78, 5) is 17.6. The lowest BCUT2D eigenvalue weighted by Gasteiger charge is -2.24. The van der Waals surface area contributed by atoms with E-state index in [1.54, 1.807) is 11.3 Å². The lowest BCUT2D eigenvalue weighted by molar-refractivity contribution is -0.120. The van der Waals surface area contributed by atoms with Gasteiger partial charge >= 0.3 is 0 Å². The third-order valence-electron chi connectivity index (χ3n) is 3.93. The van der Waals surface area contributed by atoms with Crippen LogP contribution in [0, 0.1) is 5.92 Å². The normalized spacial score (nSPS) is 12.5. The molecule has 3 rings (SSSR count). The zero-order valence-corrected chi connectivity index (χ0v) is 14.7. The van der Waals surface area contributed by atoms with E-state index in [1.807, 2.05) is 52.5 Å². The number of benzene rings is 1. The van der Waals surface area contributed by atoms with E-state index >= 15 is 0 Å². The van der Waals surface area contributed by atoms with Crippen molar-refractivity contribution in [3.8, 4) is 0 Å². The maximum absolute atomic E-state index is 12.2. The molecule has 0 spiro atoms. The van der Waals surface area contributed by atoms with Crippen LogP contribution in [0.5, 0.6) is 0 Å². The van der Waals surface area contributed by atoms with Gasteiger partial charge in [0.05, 0.1) is 12.1 Å². The van der Waals surface area contributed by atoms with Crippen LogP contribution in [0.2, 0.25) is 0 Å². The number of anilines is 1. The van der Waals surface area contributed by atoms with Crippen molar-refractivity contribution in [1.29, 1.82) is 0 Å². The van der Waals surface area contributed by atoms with Crippen LogP contribution in [0.3, 0.4) is 0 Å². The summed E-state index contributed by atoms with van der Waals surface area (Å²) in [6.07, 6.45) is 4.17. The van der Waals surface area contributed by atoms with Gasteiger partial charge in [0.15, 0.2) is 4.96 Å². The van der Waals surface area contributed by atoms with Crippen LogP contribution in [0.25, 0.3) is 4.96 Å². The van der Waals surface area contributed by atoms with Crippen LogP contribution in [0.1, 0.15) is 19.5 Å². The molecule has 1 atom stereocenters. The molecule has 5 nitrogen and oxygen atoms in total. The van der Waals surface area contributed by atoms with E-state index in [9.17, 15) is 4.79 Å². The Bertz CT molecular complexity index is 765. The summed E-state index contributed by atoms with van der Waals surface area (Å²) < 4.78 is 1.95. The molecule has 0 saturated heterocycles. The third-order valence-corrected chi connectivity index (χ3v) is 4.71. The Labute approximate surface area is 145 Å². The van der Waals surface area contributed by atoms with Crippen LogP contribution in [0.15, 0.2) is 48.1 Å². The molecule has 2 aromatic heterocycles. The van der Waals surface area contributed by atoms with Crippen LogP contribution >= 0.6 is 11.3 Å². The summed E-state index contributed by atoms with van der Waals surface area (Å²) in [5, 5.41) is 8.49. The highest BCUT2D eigenvalue weighted by Crippen LogP contribution is 2.13. The molecule has 2 N–H and O–H groups in total. The first-order valence-corrected chi connectivity index (χ1v) is 8.99. The van der Waals surface area contributed by atoms with Gasteiger partial charge in [-0.25, -0.2) is 4.98 Å². The van der Waals surface area contributed by atoms with Gasteiger partial charge in [0.1, 0.15) is 0 Å². The second-order valence-electron chi connectivity index (χ2n) is 6.17. The highest BCUT2D eigenvalue weighted by atomic mass is 32.1. The van der Waals surface area contributed by atoms with Gasteiger partial charge in [-0.15, -0.1) is 11.3 Å². The minimum absolute atomic E-state index is 0.00117. The van der Waals surface area contributed by atoms with E-state index in [1.165, 1.54) is 0 Å². The lowest BCUT2D eigenvalue weighted by Crippen LogP contribution is -2.40. The van der Waals surface area contributed by atoms with Crippen LogP contribution in [-0.4, -0.2) is 27.9 Å². The highest BCUT2D eigenvalue weighted by molar-refractivity contribution is 7.15. The minimum Gasteiger partial charge on any atom is -0.380 e. The second kappa shape index (κ2) is 7.49. The monoisotopic (exact) mass is 342 g/mol. The number of carbonyl (C=O) groups excluding carboxylic acids is 1. The number of amides is 1. The first kappa shape index (κ1) is 16.5. The molecule has 24 heavy (non-hydrogen) atoms. The summed E-state index contributed by atoms with van der Waals surface area (Å²) in [6.45, 7) is 4.89. The topological polar surface area (TPSA) is 58.4 Å². The van der Waals surface area contributed by atoms with Gasteiger partial charge in [-0.05, 0) is 18.1 Å². The number of para-hydroxylation sites is 1. The Morgan fingerprint density at radius 1 is 1.29 bits per heavy atom. The van der Waals surface area contributed by atoms with Crippen LogP contribution in [-0.2, 0) is 11.2 Å². The van der Waals surface area contributed by atoms with E-state index in [-0.39, 0.29) is 11.9 Å². The quantitative estimate of drug-likeness (QED) is 0.693. The number of carbonyl (C=O) groups is 1. The fourth-order valence-corrected chi connectivity index (χ4v) is 3.23. The zero-order chi connectivity index (χ0) is 16.9. The van der Waals surface area contributed by atoms with Gasteiger partial charge in [-0.3, -0.25) is 9.20 Å². The molecule has 0 aliphatic rings. The Hall–Kier alpha value is -2.34. The van der Waals surface area contributed by atoms with Crippen molar-refractivity contribution in [1.82, 2.24) is 14.7 Å². The molecule has 126 valence electrons. The summed E-state index contributed by atoms with van der Waals surface area (Å²) >= 11 is 1.57. The number of fused-ring (bicyclic) bond motifs is 1. The number of thiazole rings is 1. The van der Waals surface area contributed by atoms with Crippen molar-refractivity contribution in [2.24, 2.45) is 5.92 Å². The molecule has 1 amide bonds. The molecule has 2 heterocycles. The maximum atomic E-state index is 12.2. The van der Waals surface area contributed by atoms with Crippen molar-refractivity contribution in [2.45, 2.75) is 26.3 Å². The molecule has 0 fully saturated rings. The van der Waals surface area contributed by atoms with Crippen molar-refractivity contribution in [2.75, 3.05) is 11.9 Å². The molecule has 0 aliphatic carbocycles. The molecule has 0 saturated carbocycles. The highest BCUT2D eigenvalue weighted by Gasteiger charge is 2.15. The molecule has 1 aromatic carbocycles. The Morgan fingerprint density at radius 3 is 2.79 bits per heavy atom. The first-order valence-electron chi connectivity index (χ1n) is 8.11. The largest absolute Gasteiger partial charge is 0.380 e. The van der Waals surface area contributed by atoms with Gasteiger partial charge in [0, 0.05) is 36.0 Å². The van der Waals surface area contributed by atoms with Crippen LogP contribution < -0.4 is 10.6 Å². The predicted octanol–water partition coefficient (Wildman–Crippen LogP) is 3.19. The van der Waals surface area contributed by atoms with Gasteiger partial charge in [-0.1, -0.05) is 32.0 Å². The number of rotatable bonds is 7. The molecule has 0 bridgehead atoms. The summed E-state index contributed by atoms with van der Waals surface area (Å²) in [5.41, 5.74) is 1.87. The van der Waals surface area contributed by atoms with Gasteiger partial charge in [0.25, 0.3) is 0 Å². The number of nitrogens with one attached hydrogen (secondary N) is 2. The van der Waals surface area contributed by atoms with Crippen LogP contribution in [0.4, 0.5) is 5.69 Å². The summed E-state index contributed by atoms with van der Waals surface area (Å²) in [5.74, 6) is 0.407. The van der Waals surface area contributed by atoms with E-state index < -0.39 is 0 Å². The standard InChI is InChI=1S/C18H22N4OS/c1-13(2)16(20-14-6-4-3-5-7-14)11-19-17(23)10-15-12-22-8-9-24-18(22)21-15/h3-9,12-13,16,20H,10-11H2,1-2H3,(H,19,23). The van der Waals surface area contributed by atoms with Gasteiger partial charge < -0.3 is 10.6 Å². The van der Waals surface area contributed by atoms with Crippen molar-refractivity contribution in [3.05, 3.63) is 53.8 Å². The number of imidazole rings is 1. The number of aromatic nitrogens is 2. The SMILES string of the molecule is CC(C)C(CNC(=O)Cc1cn2ccsc2n1)Nc1ccccc1. The summed E-state index contributed by atoms with van der Waals surface area (Å²) in [7, 11) is 0. The van der Waals surface area contributed by atoms with E-state index in [2.05, 4.69) is 29.5 Å². The minimum atomic E-state index is 0.00117. The molecule has 0 aliphatic heterocycles. The first-order chi connectivity index (χ1) is 11.6. The average molecular weight is 342 g/mol. The van der Waals surface area contributed by atoms with Crippen molar-refractivity contribution >= 4 is 27.9 Å². The molecule has 0 radical (unpaired) electrons. The zero-order valence-electron chi connectivity index (χ0n) is 13.9. The molecule has 1 unspecified atom stereocenters. The van der Waals surface area contributed by atoms with Crippen molar-refractivity contribution < 1.29 is 4.79 Å². The van der Waals surface area contributed by atoms with Gasteiger partial charge in [0.2, 0.25) is 5.91 Å². The fraction of sp³-hybridized carbons (Fsp3) is 0.333. The molecular weight excluding hydrogens is 320 g/mol. The van der Waals surface area contributed by atoms with Crippen molar-refractivity contribution in [3.63, 3.8) is 0 Å². The Balaban J connectivity index is 1.53. The molecule has 3 aromatic rings. The number of hydrogen-bond acceptors (Lipinski definition) is 4. The third kappa shape index (κ3) is 4.14.